The van der Waals surface area contributed by atoms with Gasteiger partial charge < -0.3 is 14.6 Å². The minimum absolute atomic E-state index is 0.0714. The number of nitrogens with one attached hydrogen (secondary N) is 1. The minimum Gasteiger partial charge on any atom is -0.458 e. The van der Waals surface area contributed by atoms with Gasteiger partial charge >= 0.3 is 0 Å². The Morgan fingerprint density at radius 3 is 2.26 bits per heavy atom. The first-order valence-electron chi connectivity index (χ1n) is 10.7. The van der Waals surface area contributed by atoms with E-state index in [0.717, 1.165) is 4.80 Å². The summed E-state index contributed by atoms with van der Waals surface area (Å²) in [6.45, 7) is 1.51. The van der Waals surface area contributed by atoms with Crippen LogP contribution in [0, 0.1) is 18.6 Å². The second-order valence-corrected chi connectivity index (χ2v) is 7.83. The molecule has 9 nitrogen and oxygen atoms in total. The summed E-state index contributed by atoms with van der Waals surface area (Å²) in [5.41, 5.74) is 1.35. The molecule has 2 aromatic carbocycles. The molecule has 2 aromatic heterocycles. The number of hydrogen-bond acceptors (Lipinski definition) is 6. The summed E-state index contributed by atoms with van der Waals surface area (Å²) in [6, 6.07) is 14.8. The molecule has 0 aliphatic carbocycles. The molecule has 0 unspecified atom stereocenters. The molecule has 0 atom stereocenters. The summed E-state index contributed by atoms with van der Waals surface area (Å²) < 4.78 is 31.9. The van der Waals surface area contributed by atoms with Crippen molar-refractivity contribution in [1.82, 2.24) is 30.4 Å². The van der Waals surface area contributed by atoms with Crippen LogP contribution in [0.15, 0.2) is 65.1 Å². The molecule has 0 bridgehead atoms. The molecule has 11 heteroatoms. The van der Waals surface area contributed by atoms with E-state index in [1.807, 2.05) is 0 Å². The highest BCUT2D eigenvalue weighted by molar-refractivity contribution is 5.84. The molecular formula is C24H22F2N6O3. The van der Waals surface area contributed by atoms with E-state index in [4.69, 9.17) is 4.42 Å². The van der Waals surface area contributed by atoms with E-state index in [1.165, 1.54) is 41.3 Å². The Labute approximate surface area is 199 Å². The van der Waals surface area contributed by atoms with Crippen molar-refractivity contribution in [3.05, 3.63) is 89.2 Å². The molecule has 35 heavy (non-hydrogen) atoms. The van der Waals surface area contributed by atoms with E-state index in [2.05, 4.69) is 20.7 Å². The van der Waals surface area contributed by atoms with Gasteiger partial charge in [-0.15, -0.1) is 10.2 Å². The highest BCUT2D eigenvalue weighted by Gasteiger charge is 2.20. The Morgan fingerprint density at radius 2 is 1.63 bits per heavy atom. The normalized spacial score (nSPS) is 10.8. The van der Waals surface area contributed by atoms with E-state index in [-0.39, 0.29) is 37.8 Å². The number of benzene rings is 2. The van der Waals surface area contributed by atoms with Gasteiger partial charge in [-0.3, -0.25) is 9.59 Å². The Hall–Kier alpha value is -4.41. The molecular weight excluding hydrogens is 458 g/mol. The first kappa shape index (κ1) is 23.7. The van der Waals surface area contributed by atoms with Gasteiger partial charge in [0.15, 0.2) is 5.76 Å². The monoisotopic (exact) mass is 480 g/mol. The van der Waals surface area contributed by atoms with Crippen LogP contribution < -0.4 is 5.32 Å². The first-order valence-corrected chi connectivity index (χ1v) is 10.7. The van der Waals surface area contributed by atoms with Gasteiger partial charge in [0.2, 0.25) is 17.6 Å². The molecule has 4 rings (SSSR count). The number of hydrogen-bond donors (Lipinski definition) is 1. The summed E-state index contributed by atoms with van der Waals surface area (Å²) in [5.74, 6) is -0.296. The molecule has 0 saturated heterocycles. The quantitative estimate of drug-likeness (QED) is 0.395. The van der Waals surface area contributed by atoms with Crippen LogP contribution in [0.5, 0.6) is 0 Å². The Morgan fingerprint density at radius 1 is 0.971 bits per heavy atom. The Balaban J connectivity index is 1.43. The molecule has 0 radical (unpaired) electrons. The number of aromatic nitrogens is 4. The lowest BCUT2D eigenvalue weighted by molar-refractivity contribution is -0.137. The van der Waals surface area contributed by atoms with Gasteiger partial charge in [0, 0.05) is 13.1 Å². The number of rotatable bonds is 9. The maximum Gasteiger partial charge on any atom is 0.247 e. The van der Waals surface area contributed by atoms with Crippen molar-refractivity contribution in [3.63, 3.8) is 0 Å². The average molecular weight is 480 g/mol. The summed E-state index contributed by atoms with van der Waals surface area (Å²) >= 11 is 0. The number of nitrogens with zero attached hydrogens (tertiary/aromatic N) is 5. The third-order valence-electron chi connectivity index (χ3n) is 5.07. The van der Waals surface area contributed by atoms with E-state index in [0.29, 0.717) is 22.6 Å². The van der Waals surface area contributed by atoms with Crippen LogP contribution in [0.2, 0.25) is 0 Å². The maximum atomic E-state index is 13.3. The van der Waals surface area contributed by atoms with Crippen LogP contribution in [0.25, 0.3) is 11.6 Å². The smallest absolute Gasteiger partial charge is 0.247 e. The summed E-state index contributed by atoms with van der Waals surface area (Å²) in [4.78, 5) is 28.1. The standard InChI is InChI=1S/C24H22F2N6O3/c1-16-2-11-21(35-16)24-28-30-32(29-24)15-23(34)31(13-18-5-9-20(26)10-6-18)14-22(33)27-12-17-3-7-19(25)8-4-17/h2-11H,12-15H2,1H3,(H,27,33). The van der Waals surface area contributed by atoms with Crippen molar-refractivity contribution in [2.24, 2.45) is 0 Å². The number of tetrazole rings is 1. The average Bonchev–Trinajstić information content (AvgIpc) is 3.48. The zero-order valence-electron chi connectivity index (χ0n) is 18.8. The predicted molar refractivity (Wildman–Crippen MR) is 120 cm³/mol. The molecule has 0 aliphatic rings. The second kappa shape index (κ2) is 10.7. The number of aryl methyl sites for hydroxylation is 1. The van der Waals surface area contributed by atoms with Crippen molar-refractivity contribution < 1.29 is 22.8 Å². The van der Waals surface area contributed by atoms with Gasteiger partial charge in [-0.1, -0.05) is 24.3 Å². The van der Waals surface area contributed by atoms with Crippen LogP contribution in [-0.2, 0) is 29.2 Å². The van der Waals surface area contributed by atoms with Crippen LogP contribution in [0.4, 0.5) is 8.78 Å². The summed E-state index contributed by atoms with van der Waals surface area (Å²) in [6.07, 6.45) is 0. The largest absolute Gasteiger partial charge is 0.458 e. The number of carbonyl (C=O) groups excluding carboxylic acids is 2. The van der Waals surface area contributed by atoms with Gasteiger partial charge in [0.05, 0.1) is 6.54 Å². The van der Waals surface area contributed by atoms with Gasteiger partial charge in [0.1, 0.15) is 23.9 Å². The molecule has 180 valence electrons. The highest BCUT2D eigenvalue weighted by Crippen LogP contribution is 2.16. The van der Waals surface area contributed by atoms with Crippen molar-refractivity contribution >= 4 is 11.8 Å². The molecule has 2 heterocycles. The SMILES string of the molecule is Cc1ccc(-c2nnn(CC(=O)N(CC(=O)NCc3ccc(F)cc3)Cc3ccc(F)cc3)n2)o1. The third-order valence-corrected chi connectivity index (χ3v) is 5.07. The summed E-state index contributed by atoms with van der Waals surface area (Å²) in [5, 5.41) is 14.7. The van der Waals surface area contributed by atoms with Crippen LogP contribution in [0.1, 0.15) is 16.9 Å². The van der Waals surface area contributed by atoms with Gasteiger partial charge in [0.25, 0.3) is 0 Å². The van der Waals surface area contributed by atoms with Gasteiger partial charge in [-0.05, 0) is 59.7 Å². The van der Waals surface area contributed by atoms with E-state index >= 15 is 0 Å². The summed E-state index contributed by atoms with van der Waals surface area (Å²) in [7, 11) is 0. The predicted octanol–water partition coefficient (Wildman–Crippen LogP) is 2.86. The molecule has 0 spiro atoms. The fourth-order valence-corrected chi connectivity index (χ4v) is 3.26. The van der Waals surface area contributed by atoms with Crippen LogP contribution in [-0.4, -0.2) is 43.5 Å². The molecule has 2 amide bonds. The molecule has 0 fully saturated rings. The number of amides is 2. The Bertz CT molecular complexity index is 1300. The highest BCUT2D eigenvalue weighted by atomic mass is 19.1. The van der Waals surface area contributed by atoms with Crippen molar-refractivity contribution in [2.45, 2.75) is 26.6 Å². The van der Waals surface area contributed by atoms with E-state index < -0.39 is 17.6 Å². The molecule has 0 aliphatic heterocycles. The van der Waals surface area contributed by atoms with Crippen molar-refractivity contribution in [2.75, 3.05) is 6.54 Å². The third kappa shape index (κ3) is 6.56. The lowest BCUT2D eigenvalue weighted by Gasteiger charge is -2.22. The zero-order valence-corrected chi connectivity index (χ0v) is 18.8. The van der Waals surface area contributed by atoms with Crippen molar-refractivity contribution in [3.8, 4) is 11.6 Å². The molecule has 4 aromatic rings. The van der Waals surface area contributed by atoms with Crippen molar-refractivity contribution in [1.29, 1.82) is 0 Å². The minimum atomic E-state index is -0.439. The van der Waals surface area contributed by atoms with Crippen LogP contribution in [0.3, 0.4) is 0 Å². The number of halogens is 2. The lowest BCUT2D eigenvalue weighted by Crippen LogP contribution is -2.41. The lowest BCUT2D eigenvalue weighted by atomic mass is 10.2. The zero-order chi connectivity index (χ0) is 24.8. The molecule has 1 N–H and O–H groups in total. The van der Waals surface area contributed by atoms with E-state index in [9.17, 15) is 18.4 Å². The van der Waals surface area contributed by atoms with Gasteiger partial charge in [-0.25, -0.2) is 8.78 Å². The fraction of sp³-hybridized carbons (Fsp3) is 0.208. The second-order valence-electron chi connectivity index (χ2n) is 7.83. The first-order chi connectivity index (χ1) is 16.9. The van der Waals surface area contributed by atoms with Crippen LogP contribution >= 0.6 is 0 Å². The molecule has 0 saturated carbocycles. The topological polar surface area (TPSA) is 106 Å². The van der Waals surface area contributed by atoms with Gasteiger partial charge in [-0.2, -0.15) is 4.80 Å². The van der Waals surface area contributed by atoms with E-state index in [1.54, 1.807) is 31.2 Å². The number of carbonyl (C=O) groups is 2. The number of furan rings is 1. The fourth-order valence-electron chi connectivity index (χ4n) is 3.26. The Kier molecular flexibility index (Phi) is 7.24. The maximum absolute atomic E-state index is 13.3.